The quantitative estimate of drug-likeness (QED) is 0.899. The van der Waals surface area contributed by atoms with Gasteiger partial charge < -0.3 is 9.88 Å². The largest absolute Gasteiger partial charge is 0.330 e. The van der Waals surface area contributed by atoms with Crippen LogP contribution in [-0.4, -0.2) is 15.6 Å². The number of imidazole rings is 1. The first-order chi connectivity index (χ1) is 6.66. The summed E-state index contributed by atoms with van der Waals surface area (Å²) in [5, 5.41) is 3.48. The zero-order valence-electron chi connectivity index (χ0n) is 8.63. The molecule has 4 heteroatoms. The van der Waals surface area contributed by atoms with Crippen LogP contribution in [0.1, 0.15) is 38.6 Å². The van der Waals surface area contributed by atoms with Gasteiger partial charge in [-0.2, -0.15) is 0 Å². The second-order valence-electron chi connectivity index (χ2n) is 4.14. The minimum atomic E-state index is 0.477. The van der Waals surface area contributed by atoms with Crippen molar-refractivity contribution >= 4 is 15.9 Å². The normalized spacial score (nSPS) is 16.6. The summed E-state index contributed by atoms with van der Waals surface area (Å²) in [5.74, 6) is 1.12. The van der Waals surface area contributed by atoms with E-state index in [1.807, 2.05) is 0 Å². The summed E-state index contributed by atoms with van der Waals surface area (Å²) in [6.45, 7) is 5.23. The lowest BCUT2D eigenvalue weighted by atomic mass is 10.4. The topological polar surface area (TPSA) is 29.9 Å². The molecule has 3 nitrogen and oxygen atoms in total. The lowest BCUT2D eigenvalue weighted by molar-refractivity contribution is 0.540. The zero-order chi connectivity index (χ0) is 10.1. The van der Waals surface area contributed by atoms with E-state index < -0.39 is 0 Å². The van der Waals surface area contributed by atoms with E-state index in [-0.39, 0.29) is 0 Å². The average Bonchev–Trinajstić information content (AvgIpc) is 2.86. The fourth-order valence-corrected chi connectivity index (χ4v) is 1.93. The predicted molar refractivity (Wildman–Crippen MR) is 60.2 cm³/mol. The van der Waals surface area contributed by atoms with Crippen LogP contribution < -0.4 is 5.32 Å². The van der Waals surface area contributed by atoms with E-state index in [0.717, 1.165) is 23.0 Å². The van der Waals surface area contributed by atoms with E-state index in [1.54, 1.807) is 0 Å². The number of hydrogen-bond acceptors (Lipinski definition) is 2. The van der Waals surface area contributed by atoms with Crippen LogP contribution in [0.2, 0.25) is 0 Å². The Balaban J connectivity index is 2.05. The van der Waals surface area contributed by atoms with Crippen molar-refractivity contribution in [2.24, 2.45) is 0 Å². The second-order valence-corrected chi connectivity index (χ2v) is 4.95. The van der Waals surface area contributed by atoms with Crippen molar-refractivity contribution < 1.29 is 0 Å². The van der Waals surface area contributed by atoms with Gasteiger partial charge >= 0.3 is 0 Å². The molecule has 0 radical (unpaired) electrons. The fraction of sp³-hybridized carbons (Fsp3) is 0.700. The van der Waals surface area contributed by atoms with Crippen molar-refractivity contribution in [2.45, 2.75) is 45.3 Å². The summed E-state index contributed by atoms with van der Waals surface area (Å²) in [6.07, 6.45) is 4.70. The van der Waals surface area contributed by atoms with Gasteiger partial charge in [0, 0.05) is 18.3 Å². The van der Waals surface area contributed by atoms with Gasteiger partial charge in [-0.15, -0.1) is 0 Å². The Labute approximate surface area is 93.0 Å². The van der Waals surface area contributed by atoms with E-state index in [0.29, 0.717) is 6.04 Å². The first-order valence-electron chi connectivity index (χ1n) is 5.13. The lowest BCUT2D eigenvalue weighted by Crippen LogP contribution is -2.19. The van der Waals surface area contributed by atoms with Gasteiger partial charge in [0.05, 0.1) is 6.54 Å². The van der Waals surface area contributed by atoms with Crippen LogP contribution in [0.3, 0.4) is 0 Å². The molecule has 1 aromatic heterocycles. The molecule has 1 N–H and O–H groups in total. The highest BCUT2D eigenvalue weighted by molar-refractivity contribution is 9.10. The second kappa shape index (κ2) is 4.03. The summed E-state index contributed by atoms with van der Waals surface area (Å²) in [4.78, 5) is 4.45. The average molecular weight is 258 g/mol. The van der Waals surface area contributed by atoms with Gasteiger partial charge in [0.2, 0.25) is 0 Å². The van der Waals surface area contributed by atoms with Crippen LogP contribution in [0.15, 0.2) is 10.8 Å². The summed E-state index contributed by atoms with van der Waals surface area (Å²) < 4.78 is 3.14. The van der Waals surface area contributed by atoms with Gasteiger partial charge in [-0.1, -0.05) is 0 Å². The molecule has 0 spiro atoms. The van der Waals surface area contributed by atoms with Crippen LogP contribution in [-0.2, 0) is 6.54 Å². The highest BCUT2D eigenvalue weighted by atomic mass is 79.9. The maximum absolute atomic E-state index is 4.45. The molecule has 78 valence electrons. The molecule has 0 unspecified atom stereocenters. The molecular formula is C10H16BrN3. The summed E-state index contributed by atoms with van der Waals surface area (Å²) in [6, 6.07) is 1.22. The molecule has 14 heavy (non-hydrogen) atoms. The van der Waals surface area contributed by atoms with Crippen molar-refractivity contribution in [1.82, 2.24) is 14.9 Å². The first-order valence-corrected chi connectivity index (χ1v) is 5.92. The monoisotopic (exact) mass is 257 g/mol. The summed E-state index contributed by atoms with van der Waals surface area (Å²) >= 11 is 3.41. The molecule has 1 aliphatic rings. The molecular weight excluding hydrogens is 242 g/mol. The Bertz CT molecular complexity index is 315. The summed E-state index contributed by atoms with van der Waals surface area (Å²) in [7, 11) is 0. The van der Waals surface area contributed by atoms with Crippen molar-refractivity contribution in [3.05, 3.63) is 16.6 Å². The third-order valence-corrected chi connectivity index (χ3v) is 2.84. The Kier molecular flexibility index (Phi) is 2.93. The molecule has 1 aromatic rings. The predicted octanol–water partition coefficient (Wildman–Crippen LogP) is 2.48. The van der Waals surface area contributed by atoms with Crippen molar-refractivity contribution in [1.29, 1.82) is 0 Å². The number of rotatable bonds is 4. The first kappa shape index (κ1) is 10.2. The standard InChI is InChI=1S/C10H16BrN3/c1-7(2)14-6-9(11)13-10(14)5-12-8-3-4-8/h6-8,12H,3-5H2,1-2H3. The fourth-order valence-electron chi connectivity index (χ4n) is 1.50. The molecule has 0 aromatic carbocycles. The smallest absolute Gasteiger partial charge is 0.124 e. The molecule has 1 fully saturated rings. The minimum absolute atomic E-state index is 0.477. The van der Waals surface area contributed by atoms with E-state index in [4.69, 9.17) is 0 Å². The molecule has 0 amide bonds. The van der Waals surface area contributed by atoms with Gasteiger partial charge in [-0.3, -0.25) is 0 Å². The molecule has 0 atom stereocenters. The highest BCUT2D eigenvalue weighted by Gasteiger charge is 2.21. The van der Waals surface area contributed by atoms with E-state index in [2.05, 4.69) is 50.8 Å². The van der Waals surface area contributed by atoms with Crippen LogP contribution >= 0.6 is 15.9 Å². The van der Waals surface area contributed by atoms with E-state index in [1.165, 1.54) is 12.8 Å². The van der Waals surface area contributed by atoms with Crippen LogP contribution in [0.4, 0.5) is 0 Å². The third-order valence-electron chi connectivity index (χ3n) is 2.46. The maximum atomic E-state index is 4.45. The Morgan fingerprint density at radius 1 is 1.64 bits per heavy atom. The van der Waals surface area contributed by atoms with E-state index in [9.17, 15) is 0 Å². The summed E-state index contributed by atoms with van der Waals surface area (Å²) in [5.41, 5.74) is 0. The molecule has 1 saturated carbocycles. The van der Waals surface area contributed by atoms with Crippen molar-refractivity contribution in [3.63, 3.8) is 0 Å². The van der Waals surface area contributed by atoms with Crippen LogP contribution in [0.5, 0.6) is 0 Å². The van der Waals surface area contributed by atoms with Crippen LogP contribution in [0.25, 0.3) is 0 Å². The number of halogens is 1. The molecule has 1 aliphatic carbocycles. The number of hydrogen-bond donors (Lipinski definition) is 1. The highest BCUT2D eigenvalue weighted by Crippen LogP contribution is 2.20. The molecule has 0 aliphatic heterocycles. The van der Waals surface area contributed by atoms with Crippen molar-refractivity contribution in [3.8, 4) is 0 Å². The Hall–Kier alpha value is -0.350. The SMILES string of the molecule is CC(C)n1cc(Br)nc1CNC1CC1. The minimum Gasteiger partial charge on any atom is -0.330 e. The number of nitrogens with one attached hydrogen (secondary N) is 1. The molecule has 0 saturated heterocycles. The van der Waals surface area contributed by atoms with Crippen molar-refractivity contribution in [2.75, 3.05) is 0 Å². The van der Waals surface area contributed by atoms with Gasteiger partial charge in [0.1, 0.15) is 10.4 Å². The Morgan fingerprint density at radius 3 is 2.93 bits per heavy atom. The Morgan fingerprint density at radius 2 is 2.36 bits per heavy atom. The van der Waals surface area contributed by atoms with Gasteiger partial charge in [0.25, 0.3) is 0 Å². The number of aromatic nitrogens is 2. The van der Waals surface area contributed by atoms with Gasteiger partial charge in [-0.25, -0.2) is 4.98 Å². The number of nitrogens with zero attached hydrogens (tertiary/aromatic N) is 2. The van der Waals surface area contributed by atoms with Gasteiger partial charge in [0.15, 0.2) is 0 Å². The van der Waals surface area contributed by atoms with Crippen LogP contribution in [0, 0.1) is 0 Å². The molecule has 1 heterocycles. The lowest BCUT2D eigenvalue weighted by Gasteiger charge is -2.11. The van der Waals surface area contributed by atoms with E-state index >= 15 is 0 Å². The zero-order valence-corrected chi connectivity index (χ0v) is 10.2. The third kappa shape index (κ3) is 2.36. The molecule has 0 bridgehead atoms. The molecule has 2 rings (SSSR count). The maximum Gasteiger partial charge on any atom is 0.124 e. The van der Waals surface area contributed by atoms with Gasteiger partial charge in [-0.05, 0) is 42.6 Å².